The summed E-state index contributed by atoms with van der Waals surface area (Å²) in [5.41, 5.74) is 4.87. The van der Waals surface area contributed by atoms with Crippen LogP contribution in [-0.2, 0) is 5.41 Å². The van der Waals surface area contributed by atoms with Crippen molar-refractivity contribution in [1.29, 1.82) is 0 Å². The second kappa shape index (κ2) is 8.03. The third-order valence-electron chi connectivity index (χ3n) is 7.80. The third kappa shape index (κ3) is 3.94. The molecule has 5 rings (SSSR count). The van der Waals surface area contributed by atoms with Gasteiger partial charge in [0.15, 0.2) is 0 Å². The van der Waals surface area contributed by atoms with Crippen LogP contribution in [-0.4, -0.2) is 16.9 Å². The molecule has 3 aromatic rings. The predicted molar refractivity (Wildman–Crippen MR) is 132 cm³/mol. The number of hydrogen-bond donors (Lipinski definition) is 1. The van der Waals surface area contributed by atoms with Gasteiger partial charge in [-0.25, -0.2) is 4.98 Å². The summed E-state index contributed by atoms with van der Waals surface area (Å²) in [6.45, 7) is 8.85. The molecule has 1 N–H and O–H groups in total. The zero-order chi connectivity index (χ0) is 22.5. The smallest absolute Gasteiger partial charge is 0.252 e. The van der Waals surface area contributed by atoms with Crippen molar-refractivity contribution in [2.45, 2.75) is 64.8 Å². The standard InChI is InChI=1S/C29H34N2O/c1-18(24-16-19-9-10-21(24)15-19)30-28(32)25-17-27(31-26-8-6-5-7-23(25)26)20-11-13-22(14-12-20)29(2,3)4/h5-8,11-14,17-19,21,24H,9-10,15-16H2,1-4H3,(H,30,32). The first kappa shape index (κ1) is 21.2. The third-order valence-corrected chi connectivity index (χ3v) is 7.80. The van der Waals surface area contributed by atoms with Gasteiger partial charge in [-0.1, -0.05) is 69.7 Å². The molecule has 166 valence electrons. The van der Waals surface area contributed by atoms with Crippen LogP contribution in [0.15, 0.2) is 54.6 Å². The Hall–Kier alpha value is -2.68. The van der Waals surface area contributed by atoms with Crippen LogP contribution in [0.2, 0.25) is 0 Å². The predicted octanol–water partition coefficient (Wildman–Crippen LogP) is 6.75. The topological polar surface area (TPSA) is 42.0 Å². The van der Waals surface area contributed by atoms with E-state index >= 15 is 0 Å². The lowest BCUT2D eigenvalue weighted by Gasteiger charge is -2.28. The number of nitrogens with one attached hydrogen (secondary N) is 1. The number of amides is 1. The molecule has 2 bridgehead atoms. The number of aromatic nitrogens is 1. The van der Waals surface area contributed by atoms with E-state index in [4.69, 9.17) is 4.98 Å². The van der Waals surface area contributed by atoms with Gasteiger partial charge in [0.2, 0.25) is 0 Å². The maximum absolute atomic E-state index is 13.5. The van der Waals surface area contributed by atoms with Crippen LogP contribution in [0.5, 0.6) is 0 Å². The summed E-state index contributed by atoms with van der Waals surface area (Å²) in [5, 5.41) is 4.27. The molecule has 2 aliphatic rings. The van der Waals surface area contributed by atoms with Crippen molar-refractivity contribution in [3.05, 3.63) is 65.7 Å². The fourth-order valence-electron chi connectivity index (χ4n) is 5.95. The van der Waals surface area contributed by atoms with Gasteiger partial charge in [0.1, 0.15) is 0 Å². The Bertz CT molecular complexity index is 1140. The molecular formula is C29H34N2O. The number of pyridine rings is 1. The molecule has 0 saturated heterocycles. The average Bonchev–Trinajstić information content (AvgIpc) is 3.42. The molecule has 2 aromatic carbocycles. The van der Waals surface area contributed by atoms with E-state index in [1.54, 1.807) is 0 Å². The van der Waals surface area contributed by atoms with Crippen LogP contribution in [0, 0.1) is 17.8 Å². The number of carbonyl (C=O) groups is 1. The van der Waals surface area contributed by atoms with Crippen molar-refractivity contribution in [3.63, 3.8) is 0 Å². The second-order valence-electron chi connectivity index (χ2n) is 11.0. The minimum Gasteiger partial charge on any atom is -0.349 e. The van der Waals surface area contributed by atoms with E-state index in [0.717, 1.165) is 39.6 Å². The maximum Gasteiger partial charge on any atom is 0.252 e. The highest BCUT2D eigenvalue weighted by Gasteiger charge is 2.42. The Balaban J connectivity index is 1.46. The molecule has 0 aliphatic heterocycles. The van der Waals surface area contributed by atoms with Gasteiger partial charge in [0.05, 0.1) is 16.8 Å². The van der Waals surface area contributed by atoms with Crippen LogP contribution in [0.25, 0.3) is 22.2 Å². The van der Waals surface area contributed by atoms with E-state index in [0.29, 0.717) is 5.92 Å². The lowest BCUT2D eigenvalue weighted by Crippen LogP contribution is -2.40. The molecule has 4 unspecified atom stereocenters. The zero-order valence-electron chi connectivity index (χ0n) is 19.7. The minimum absolute atomic E-state index is 0.0198. The first-order valence-electron chi connectivity index (χ1n) is 12.1. The van der Waals surface area contributed by atoms with Gasteiger partial charge < -0.3 is 5.32 Å². The van der Waals surface area contributed by atoms with Crippen molar-refractivity contribution in [3.8, 4) is 11.3 Å². The van der Waals surface area contributed by atoms with Gasteiger partial charge in [-0.05, 0) is 67.1 Å². The summed E-state index contributed by atoms with van der Waals surface area (Å²) in [5.74, 6) is 2.32. The van der Waals surface area contributed by atoms with E-state index in [-0.39, 0.29) is 17.4 Å². The SMILES string of the molecule is CC(NC(=O)c1cc(-c2ccc(C(C)(C)C)cc2)nc2ccccc12)C1CC2CCC1C2. The Morgan fingerprint density at radius 1 is 1.03 bits per heavy atom. The molecule has 0 spiro atoms. The molecule has 4 atom stereocenters. The number of rotatable bonds is 4. The van der Waals surface area contributed by atoms with E-state index < -0.39 is 0 Å². The summed E-state index contributed by atoms with van der Waals surface area (Å²) < 4.78 is 0. The van der Waals surface area contributed by atoms with Crippen molar-refractivity contribution >= 4 is 16.8 Å². The highest BCUT2D eigenvalue weighted by molar-refractivity contribution is 6.07. The lowest BCUT2D eigenvalue weighted by molar-refractivity contribution is 0.0917. The summed E-state index contributed by atoms with van der Waals surface area (Å²) in [6, 6.07) is 18.7. The molecule has 1 amide bonds. The van der Waals surface area contributed by atoms with Crippen LogP contribution >= 0.6 is 0 Å². The van der Waals surface area contributed by atoms with Gasteiger partial charge in [-0.3, -0.25) is 4.79 Å². The monoisotopic (exact) mass is 426 g/mol. The van der Waals surface area contributed by atoms with Crippen molar-refractivity contribution in [2.24, 2.45) is 17.8 Å². The van der Waals surface area contributed by atoms with Crippen molar-refractivity contribution in [2.75, 3.05) is 0 Å². The maximum atomic E-state index is 13.5. The van der Waals surface area contributed by atoms with Crippen molar-refractivity contribution in [1.82, 2.24) is 10.3 Å². The van der Waals surface area contributed by atoms with Gasteiger partial charge in [-0.2, -0.15) is 0 Å². The van der Waals surface area contributed by atoms with E-state index in [1.165, 1.54) is 31.2 Å². The van der Waals surface area contributed by atoms with Gasteiger partial charge in [-0.15, -0.1) is 0 Å². The molecule has 3 heteroatoms. The fraction of sp³-hybridized carbons (Fsp3) is 0.448. The highest BCUT2D eigenvalue weighted by atomic mass is 16.1. The summed E-state index contributed by atoms with van der Waals surface area (Å²) in [4.78, 5) is 18.4. The van der Waals surface area contributed by atoms with E-state index in [1.807, 2.05) is 30.3 Å². The van der Waals surface area contributed by atoms with Gasteiger partial charge >= 0.3 is 0 Å². The molecule has 2 saturated carbocycles. The number of fused-ring (bicyclic) bond motifs is 3. The number of benzene rings is 2. The molecule has 0 radical (unpaired) electrons. The number of carbonyl (C=O) groups excluding carboxylic acids is 1. The minimum atomic E-state index is 0.0198. The number of hydrogen-bond acceptors (Lipinski definition) is 2. The average molecular weight is 427 g/mol. The zero-order valence-corrected chi connectivity index (χ0v) is 19.7. The molecule has 1 aromatic heterocycles. The van der Waals surface area contributed by atoms with E-state index in [9.17, 15) is 4.79 Å². The Morgan fingerprint density at radius 3 is 2.44 bits per heavy atom. The first-order chi connectivity index (χ1) is 15.3. The molecule has 1 heterocycles. The summed E-state index contributed by atoms with van der Waals surface area (Å²) in [7, 11) is 0. The van der Waals surface area contributed by atoms with Crippen LogP contribution < -0.4 is 5.32 Å². The van der Waals surface area contributed by atoms with Crippen LogP contribution in [0.1, 0.15) is 69.3 Å². The lowest BCUT2D eigenvalue weighted by atomic mass is 9.84. The number of para-hydroxylation sites is 1. The number of nitrogens with zero attached hydrogens (tertiary/aromatic N) is 1. The van der Waals surface area contributed by atoms with E-state index in [2.05, 4.69) is 57.3 Å². The fourth-order valence-corrected chi connectivity index (χ4v) is 5.95. The van der Waals surface area contributed by atoms with Crippen LogP contribution in [0.3, 0.4) is 0 Å². The quantitative estimate of drug-likeness (QED) is 0.501. The highest BCUT2D eigenvalue weighted by Crippen LogP contribution is 2.49. The molecule has 2 fully saturated rings. The summed E-state index contributed by atoms with van der Waals surface area (Å²) >= 11 is 0. The molecule has 2 aliphatic carbocycles. The summed E-state index contributed by atoms with van der Waals surface area (Å²) in [6.07, 6.45) is 5.35. The Labute approximate surface area is 191 Å². The van der Waals surface area contributed by atoms with Gasteiger partial charge in [0.25, 0.3) is 5.91 Å². The van der Waals surface area contributed by atoms with Gasteiger partial charge in [0, 0.05) is 17.0 Å². The molecule has 3 nitrogen and oxygen atoms in total. The Morgan fingerprint density at radius 2 is 1.78 bits per heavy atom. The van der Waals surface area contributed by atoms with Crippen LogP contribution in [0.4, 0.5) is 0 Å². The van der Waals surface area contributed by atoms with Crippen molar-refractivity contribution < 1.29 is 4.79 Å². The second-order valence-corrected chi connectivity index (χ2v) is 11.0. The molecular weight excluding hydrogens is 392 g/mol. The first-order valence-corrected chi connectivity index (χ1v) is 12.1. The normalized spacial score (nSPS) is 23.4. The largest absolute Gasteiger partial charge is 0.349 e. The molecule has 32 heavy (non-hydrogen) atoms. The Kier molecular flexibility index (Phi) is 5.31.